The van der Waals surface area contributed by atoms with Gasteiger partial charge in [0.25, 0.3) is 0 Å². The first-order valence-electron chi connectivity index (χ1n) is 7.46. The van der Waals surface area contributed by atoms with Gasteiger partial charge in [-0.25, -0.2) is 4.98 Å². The molecule has 1 fully saturated rings. The fourth-order valence-corrected chi connectivity index (χ4v) is 3.28. The van der Waals surface area contributed by atoms with Crippen LogP contribution in [0.25, 0.3) is 0 Å². The number of hydrogen-bond donors (Lipinski definition) is 1. The molecule has 3 nitrogen and oxygen atoms in total. The Kier molecular flexibility index (Phi) is 3.68. The topological polar surface area (TPSA) is 36.4 Å². The molecular weight excluding hydrogens is 260 g/mol. The van der Waals surface area contributed by atoms with Crippen LogP contribution >= 0.6 is 0 Å². The molecule has 21 heavy (non-hydrogen) atoms. The van der Waals surface area contributed by atoms with Crippen LogP contribution in [-0.4, -0.2) is 23.2 Å². The standard InChI is InChI=1S/C18H22N2O/c1-18(2)13-20(17-10-14(12-21)8-9-19-17)11-16(18)15-6-4-3-5-7-15/h3-10,16,21H,11-13H2,1-2H3/t16-/m0/s1. The zero-order valence-electron chi connectivity index (χ0n) is 12.7. The molecule has 1 saturated heterocycles. The molecule has 0 spiro atoms. The van der Waals surface area contributed by atoms with Crippen molar-refractivity contribution in [3.8, 4) is 0 Å². The maximum absolute atomic E-state index is 9.29. The van der Waals surface area contributed by atoms with Crippen LogP contribution in [0.2, 0.25) is 0 Å². The van der Waals surface area contributed by atoms with Gasteiger partial charge in [0.1, 0.15) is 5.82 Å². The van der Waals surface area contributed by atoms with Crippen molar-refractivity contribution in [2.24, 2.45) is 5.41 Å². The van der Waals surface area contributed by atoms with E-state index in [1.54, 1.807) is 6.20 Å². The van der Waals surface area contributed by atoms with Gasteiger partial charge in [0, 0.05) is 25.2 Å². The predicted molar refractivity (Wildman–Crippen MR) is 85.3 cm³/mol. The predicted octanol–water partition coefficient (Wildman–Crippen LogP) is 3.20. The van der Waals surface area contributed by atoms with Gasteiger partial charge >= 0.3 is 0 Å². The first kappa shape index (κ1) is 14.1. The molecule has 0 bridgehead atoms. The van der Waals surface area contributed by atoms with Gasteiger partial charge in [-0.3, -0.25) is 0 Å². The van der Waals surface area contributed by atoms with Crippen molar-refractivity contribution in [2.75, 3.05) is 18.0 Å². The molecule has 110 valence electrons. The number of aliphatic hydroxyl groups excluding tert-OH is 1. The second-order valence-electron chi connectivity index (χ2n) is 6.51. The number of anilines is 1. The molecule has 0 amide bonds. The first-order valence-corrected chi connectivity index (χ1v) is 7.46. The molecule has 1 aliphatic heterocycles. The molecule has 0 saturated carbocycles. The van der Waals surface area contributed by atoms with Crippen molar-refractivity contribution in [3.63, 3.8) is 0 Å². The Balaban J connectivity index is 1.87. The van der Waals surface area contributed by atoms with Crippen LogP contribution in [0.4, 0.5) is 5.82 Å². The monoisotopic (exact) mass is 282 g/mol. The molecule has 0 aliphatic carbocycles. The first-order chi connectivity index (χ1) is 10.1. The molecule has 1 N–H and O–H groups in total. The summed E-state index contributed by atoms with van der Waals surface area (Å²) in [5.41, 5.74) is 2.52. The van der Waals surface area contributed by atoms with E-state index in [-0.39, 0.29) is 12.0 Å². The van der Waals surface area contributed by atoms with E-state index in [0.717, 1.165) is 24.5 Å². The number of nitrogens with zero attached hydrogens (tertiary/aromatic N) is 2. The average molecular weight is 282 g/mol. The van der Waals surface area contributed by atoms with Crippen molar-refractivity contribution in [1.29, 1.82) is 0 Å². The SMILES string of the molecule is CC1(C)CN(c2cc(CO)ccn2)C[C@H]1c1ccccc1. The highest BCUT2D eigenvalue weighted by atomic mass is 16.3. The van der Waals surface area contributed by atoms with Gasteiger partial charge in [-0.2, -0.15) is 0 Å². The Morgan fingerprint density at radius 1 is 1.24 bits per heavy atom. The van der Waals surface area contributed by atoms with Crippen molar-refractivity contribution >= 4 is 5.82 Å². The van der Waals surface area contributed by atoms with Gasteiger partial charge in [-0.05, 0) is 28.7 Å². The van der Waals surface area contributed by atoms with Crippen LogP contribution in [0, 0.1) is 5.41 Å². The van der Waals surface area contributed by atoms with E-state index in [1.165, 1.54) is 5.56 Å². The van der Waals surface area contributed by atoms with Gasteiger partial charge in [0.2, 0.25) is 0 Å². The highest BCUT2D eigenvalue weighted by molar-refractivity contribution is 5.45. The molecule has 2 heterocycles. The number of pyridine rings is 1. The van der Waals surface area contributed by atoms with Crippen molar-refractivity contribution in [1.82, 2.24) is 4.98 Å². The maximum atomic E-state index is 9.29. The van der Waals surface area contributed by atoms with Crippen molar-refractivity contribution < 1.29 is 5.11 Å². The number of rotatable bonds is 3. The van der Waals surface area contributed by atoms with E-state index in [9.17, 15) is 5.11 Å². The number of aromatic nitrogens is 1. The van der Waals surface area contributed by atoms with E-state index in [1.807, 2.05) is 12.1 Å². The van der Waals surface area contributed by atoms with Gasteiger partial charge in [0.05, 0.1) is 6.61 Å². The quantitative estimate of drug-likeness (QED) is 0.939. The van der Waals surface area contributed by atoms with Crippen LogP contribution in [-0.2, 0) is 6.61 Å². The molecular formula is C18H22N2O. The third kappa shape index (κ3) is 2.79. The highest BCUT2D eigenvalue weighted by Gasteiger charge is 2.40. The molecule has 3 heteroatoms. The number of benzene rings is 1. The summed E-state index contributed by atoms with van der Waals surface area (Å²) in [4.78, 5) is 6.81. The third-order valence-electron chi connectivity index (χ3n) is 4.46. The lowest BCUT2D eigenvalue weighted by Crippen LogP contribution is -2.24. The molecule has 1 aromatic heterocycles. The lowest BCUT2D eigenvalue weighted by atomic mass is 9.78. The Morgan fingerprint density at radius 2 is 2.00 bits per heavy atom. The largest absolute Gasteiger partial charge is 0.392 e. The summed E-state index contributed by atoms with van der Waals surface area (Å²) < 4.78 is 0. The van der Waals surface area contributed by atoms with Crippen LogP contribution in [0.15, 0.2) is 48.7 Å². The Hall–Kier alpha value is -1.87. The highest BCUT2D eigenvalue weighted by Crippen LogP contribution is 2.43. The second kappa shape index (κ2) is 5.49. The van der Waals surface area contributed by atoms with E-state index in [0.29, 0.717) is 5.92 Å². The number of aliphatic hydroxyl groups is 1. The maximum Gasteiger partial charge on any atom is 0.128 e. The van der Waals surface area contributed by atoms with Gasteiger partial charge in [0.15, 0.2) is 0 Å². The van der Waals surface area contributed by atoms with Crippen molar-refractivity contribution in [2.45, 2.75) is 26.4 Å². The summed E-state index contributed by atoms with van der Waals surface area (Å²) in [6, 6.07) is 14.6. The average Bonchev–Trinajstić information content (AvgIpc) is 2.84. The van der Waals surface area contributed by atoms with Crippen LogP contribution in [0.3, 0.4) is 0 Å². The Bertz CT molecular complexity index is 610. The summed E-state index contributed by atoms with van der Waals surface area (Å²) in [5.74, 6) is 1.46. The summed E-state index contributed by atoms with van der Waals surface area (Å²) in [5, 5.41) is 9.29. The van der Waals surface area contributed by atoms with E-state index >= 15 is 0 Å². The summed E-state index contributed by atoms with van der Waals surface area (Å²) in [7, 11) is 0. The number of hydrogen-bond acceptors (Lipinski definition) is 3. The van der Waals surface area contributed by atoms with E-state index in [2.05, 4.69) is 54.1 Å². The lowest BCUT2D eigenvalue weighted by molar-refractivity contribution is 0.281. The lowest BCUT2D eigenvalue weighted by Gasteiger charge is -2.25. The smallest absolute Gasteiger partial charge is 0.128 e. The summed E-state index contributed by atoms with van der Waals surface area (Å²) in [6.07, 6.45) is 1.78. The van der Waals surface area contributed by atoms with Crippen LogP contribution < -0.4 is 4.90 Å². The van der Waals surface area contributed by atoms with Crippen molar-refractivity contribution in [3.05, 3.63) is 59.8 Å². The van der Waals surface area contributed by atoms with E-state index < -0.39 is 0 Å². The zero-order chi connectivity index (χ0) is 14.9. The fourth-order valence-electron chi connectivity index (χ4n) is 3.28. The minimum absolute atomic E-state index is 0.0644. The Morgan fingerprint density at radius 3 is 2.71 bits per heavy atom. The fraction of sp³-hybridized carbons (Fsp3) is 0.389. The van der Waals surface area contributed by atoms with Gasteiger partial charge < -0.3 is 10.0 Å². The minimum atomic E-state index is 0.0644. The molecule has 3 rings (SSSR count). The van der Waals surface area contributed by atoms with Crippen LogP contribution in [0.1, 0.15) is 30.9 Å². The Labute approximate surface area is 126 Å². The zero-order valence-corrected chi connectivity index (χ0v) is 12.7. The van der Waals surface area contributed by atoms with Gasteiger partial charge in [-0.1, -0.05) is 44.2 Å². The molecule has 2 aromatic rings. The molecule has 1 atom stereocenters. The van der Waals surface area contributed by atoms with Crippen LogP contribution in [0.5, 0.6) is 0 Å². The van der Waals surface area contributed by atoms with E-state index in [4.69, 9.17) is 0 Å². The minimum Gasteiger partial charge on any atom is -0.392 e. The summed E-state index contributed by atoms with van der Waals surface area (Å²) in [6.45, 7) is 6.66. The summed E-state index contributed by atoms with van der Waals surface area (Å²) >= 11 is 0. The molecule has 1 aliphatic rings. The second-order valence-corrected chi connectivity index (χ2v) is 6.51. The normalized spacial score (nSPS) is 20.7. The molecule has 0 unspecified atom stereocenters. The third-order valence-corrected chi connectivity index (χ3v) is 4.46. The molecule has 1 aromatic carbocycles. The van der Waals surface area contributed by atoms with Gasteiger partial charge in [-0.15, -0.1) is 0 Å². The molecule has 0 radical (unpaired) electrons.